The SMILES string of the molecule is O=[N+]([O-])c1ccc(C(O)=C(C(=S)Nc2ccc(F)cc2)[n+]2ccccc2)cc1. The average molecular weight is 396 g/mol. The highest BCUT2D eigenvalue weighted by Gasteiger charge is 2.24. The smallest absolute Gasteiger partial charge is 0.288 e. The molecule has 0 spiro atoms. The highest BCUT2D eigenvalue weighted by atomic mass is 32.1. The van der Waals surface area contributed by atoms with Gasteiger partial charge in [-0.05, 0) is 36.4 Å². The van der Waals surface area contributed by atoms with Crippen molar-refractivity contribution in [2.45, 2.75) is 0 Å². The zero-order chi connectivity index (χ0) is 20.1. The van der Waals surface area contributed by atoms with Gasteiger partial charge in [0.2, 0.25) is 0 Å². The number of pyridine rings is 1. The van der Waals surface area contributed by atoms with E-state index in [1.54, 1.807) is 29.1 Å². The second-order valence-corrected chi connectivity index (χ2v) is 6.15. The van der Waals surface area contributed by atoms with Crippen molar-refractivity contribution in [2.75, 3.05) is 5.32 Å². The molecule has 3 rings (SSSR count). The number of halogens is 1. The van der Waals surface area contributed by atoms with Crippen molar-refractivity contribution in [2.24, 2.45) is 0 Å². The van der Waals surface area contributed by atoms with E-state index in [2.05, 4.69) is 5.32 Å². The van der Waals surface area contributed by atoms with Gasteiger partial charge in [0.25, 0.3) is 11.4 Å². The van der Waals surface area contributed by atoms with Crippen LogP contribution in [0.2, 0.25) is 0 Å². The molecule has 0 unspecified atom stereocenters. The molecule has 6 nitrogen and oxygen atoms in total. The van der Waals surface area contributed by atoms with E-state index < -0.39 is 4.92 Å². The molecule has 140 valence electrons. The van der Waals surface area contributed by atoms with Gasteiger partial charge in [-0.3, -0.25) is 10.1 Å². The number of nitrogens with one attached hydrogen (secondary N) is 1. The van der Waals surface area contributed by atoms with Crippen molar-refractivity contribution in [3.05, 3.63) is 101 Å². The van der Waals surface area contributed by atoms with Gasteiger partial charge >= 0.3 is 0 Å². The largest absolute Gasteiger partial charge is 0.502 e. The lowest BCUT2D eigenvalue weighted by atomic mass is 10.1. The van der Waals surface area contributed by atoms with E-state index in [0.717, 1.165) is 0 Å². The minimum absolute atomic E-state index is 0.0857. The third kappa shape index (κ3) is 4.36. The molecule has 0 amide bonds. The summed E-state index contributed by atoms with van der Waals surface area (Å²) in [6.45, 7) is 0. The Balaban J connectivity index is 2.03. The van der Waals surface area contributed by atoms with Crippen molar-refractivity contribution >= 4 is 40.0 Å². The van der Waals surface area contributed by atoms with E-state index in [9.17, 15) is 19.6 Å². The monoisotopic (exact) mass is 396 g/mol. The summed E-state index contributed by atoms with van der Waals surface area (Å²) in [5.41, 5.74) is 1.10. The molecule has 0 saturated carbocycles. The predicted octanol–water partition coefficient (Wildman–Crippen LogP) is 4.34. The van der Waals surface area contributed by atoms with Gasteiger partial charge in [-0.1, -0.05) is 18.3 Å². The molecule has 2 N–H and O–H groups in total. The van der Waals surface area contributed by atoms with Crippen LogP contribution in [0.3, 0.4) is 0 Å². The highest BCUT2D eigenvalue weighted by molar-refractivity contribution is 7.81. The van der Waals surface area contributed by atoms with Crippen LogP contribution in [0.1, 0.15) is 5.56 Å². The quantitative estimate of drug-likeness (QED) is 0.167. The first-order valence-corrected chi connectivity index (χ1v) is 8.58. The number of nitro groups is 1. The van der Waals surface area contributed by atoms with E-state index in [4.69, 9.17) is 12.2 Å². The maximum atomic E-state index is 13.1. The first-order chi connectivity index (χ1) is 13.5. The topological polar surface area (TPSA) is 79.3 Å². The second kappa shape index (κ2) is 8.36. The lowest BCUT2D eigenvalue weighted by Gasteiger charge is -2.10. The molecule has 1 aromatic heterocycles. The number of anilines is 1. The van der Waals surface area contributed by atoms with Gasteiger partial charge in [0.1, 0.15) is 5.82 Å². The Morgan fingerprint density at radius 1 is 1.04 bits per heavy atom. The van der Waals surface area contributed by atoms with Crippen LogP contribution in [0.4, 0.5) is 15.8 Å². The normalized spacial score (nSPS) is 11.5. The Labute approximate surface area is 165 Å². The molecule has 0 aliphatic heterocycles. The molecule has 0 radical (unpaired) electrons. The van der Waals surface area contributed by atoms with Crippen LogP contribution in [0.5, 0.6) is 0 Å². The second-order valence-electron chi connectivity index (χ2n) is 5.74. The minimum atomic E-state index is -0.516. The third-order valence-corrected chi connectivity index (χ3v) is 4.16. The van der Waals surface area contributed by atoms with Crippen LogP contribution < -0.4 is 9.88 Å². The summed E-state index contributed by atoms with van der Waals surface area (Å²) in [5, 5.41) is 24.7. The number of thiocarbonyl (C=S) groups is 1. The van der Waals surface area contributed by atoms with E-state index >= 15 is 0 Å². The van der Waals surface area contributed by atoms with Gasteiger partial charge in [-0.25, -0.2) is 4.39 Å². The maximum absolute atomic E-state index is 13.1. The van der Waals surface area contributed by atoms with Crippen molar-refractivity contribution < 1.29 is 19.0 Å². The number of hydrogen-bond donors (Lipinski definition) is 2. The van der Waals surface area contributed by atoms with Crippen LogP contribution in [0.25, 0.3) is 11.5 Å². The molecule has 0 atom stereocenters. The van der Waals surface area contributed by atoms with E-state index in [1.807, 2.05) is 6.07 Å². The summed E-state index contributed by atoms with van der Waals surface area (Å²) in [4.78, 5) is 10.5. The lowest BCUT2D eigenvalue weighted by molar-refractivity contribution is -0.575. The van der Waals surface area contributed by atoms with Crippen LogP contribution in [0, 0.1) is 15.9 Å². The number of nitro benzene ring substituents is 1. The fraction of sp³-hybridized carbons (Fsp3) is 0. The first kappa shape index (κ1) is 19.1. The van der Waals surface area contributed by atoms with Crippen LogP contribution in [0.15, 0.2) is 79.1 Å². The zero-order valence-corrected chi connectivity index (χ0v) is 15.3. The number of nitrogens with zero attached hydrogens (tertiary/aromatic N) is 2. The summed E-state index contributed by atoms with van der Waals surface area (Å²) >= 11 is 5.46. The molecule has 0 aliphatic carbocycles. The van der Waals surface area contributed by atoms with Gasteiger partial charge < -0.3 is 10.4 Å². The van der Waals surface area contributed by atoms with Crippen LogP contribution in [-0.2, 0) is 0 Å². The molecule has 0 fully saturated rings. The zero-order valence-electron chi connectivity index (χ0n) is 14.4. The summed E-state index contributed by atoms with van der Waals surface area (Å²) in [5.74, 6) is -0.538. The van der Waals surface area contributed by atoms with Gasteiger partial charge in [0.15, 0.2) is 23.1 Å². The number of benzene rings is 2. The van der Waals surface area contributed by atoms with Crippen molar-refractivity contribution in [1.82, 2.24) is 0 Å². The standard InChI is InChI=1S/C20H14FN3O3S/c21-15-6-8-16(9-7-15)22-20(28)18(23-12-2-1-3-13-23)19(25)14-4-10-17(11-5-14)24(26)27/h1-13H,(H-,22,25,28)/p+1. The molecule has 2 aromatic carbocycles. The summed E-state index contributed by atoms with van der Waals surface area (Å²) < 4.78 is 14.7. The Bertz CT molecular complexity index is 1040. The number of non-ortho nitro benzene ring substituents is 1. The fourth-order valence-electron chi connectivity index (χ4n) is 2.50. The summed E-state index contributed by atoms with van der Waals surface area (Å²) in [6.07, 6.45) is 3.41. The molecule has 8 heteroatoms. The Morgan fingerprint density at radius 2 is 1.64 bits per heavy atom. The number of aromatic nitrogens is 1. The van der Waals surface area contributed by atoms with Gasteiger partial charge in [-0.15, -0.1) is 0 Å². The minimum Gasteiger partial charge on any atom is -0.502 e. The molecule has 1 heterocycles. The maximum Gasteiger partial charge on any atom is 0.288 e. The first-order valence-electron chi connectivity index (χ1n) is 8.17. The Kier molecular flexibility index (Phi) is 5.71. The molecule has 0 bridgehead atoms. The van der Waals surface area contributed by atoms with Crippen molar-refractivity contribution in [3.63, 3.8) is 0 Å². The number of rotatable bonds is 5. The predicted molar refractivity (Wildman–Crippen MR) is 108 cm³/mol. The number of aliphatic hydroxyl groups is 1. The lowest BCUT2D eigenvalue weighted by Crippen LogP contribution is -2.38. The van der Waals surface area contributed by atoms with Crippen LogP contribution in [-0.4, -0.2) is 15.0 Å². The van der Waals surface area contributed by atoms with Crippen molar-refractivity contribution in [3.8, 4) is 0 Å². The third-order valence-electron chi connectivity index (χ3n) is 3.87. The number of hydrogen-bond acceptors (Lipinski definition) is 4. The summed E-state index contributed by atoms with van der Waals surface area (Å²) in [7, 11) is 0. The van der Waals surface area contributed by atoms with Gasteiger partial charge in [-0.2, -0.15) is 4.57 Å². The molecular formula is C20H15FN3O3S+. The molecule has 28 heavy (non-hydrogen) atoms. The Morgan fingerprint density at radius 3 is 2.21 bits per heavy atom. The highest BCUT2D eigenvalue weighted by Crippen LogP contribution is 2.21. The molecule has 0 aliphatic rings. The van der Waals surface area contributed by atoms with Gasteiger partial charge in [0.05, 0.1) is 4.92 Å². The summed E-state index contributed by atoms with van der Waals surface area (Å²) in [6, 6.07) is 16.5. The van der Waals surface area contributed by atoms with E-state index in [-0.39, 0.29) is 27.9 Å². The van der Waals surface area contributed by atoms with Gasteiger partial charge in [0, 0.05) is 35.5 Å². The van der Waals surface area contributed by atoms with E-state index in [0.29, 0.717) is 11.3 Å². The van der Waals surface area contributed by atoms with Crippen LogP contribution >= 0.6 is 12.2 Å². The molecule has 0 saturated heterocycles. The van der Waals surface area contributed by atoms with Crippen molar-refractivity contribution in [1.29, 1.82) is 0 Å². The van der Waals surface area contributed by atoms with E-state index in [1.165, 1.54) is 48.5 Å². The average Bonchev–Trinajstić information content (AvgIpc) is 2.70. The molecule has 3 aromatic rings. The Hall–Kier alpha value is -3.65. The molecular weight excluding hydrogens is 381 g/mol. The number of aliphatic hydroxyl groups excluding tert-OH is 1. The fourth-order valence-corrected chi connectivity index (χ4v) is 2.82.